The number of aryl methyl sites for hydroxylation is 2. The number of benzene rings is 5. The third kappa shape index (κ3) is 5.36. The Morgan fingerprint density at radius 3 is 1.67 bits per heavy atom. The van der Waals surface area contributed by atoms with Crippen molar-refractivity contribution in [2.45, 2.75) is 98.8 Å². The van der Waals surface area contributed by atoms with Crippen molar-refractivity contribution >= 4 is 57.2 Å². The van der Waals surface area contributed by atoms with Gasteiger partial charge in [0, 0.05) is 34.1 Å². The van der Waals surface area contributed by atoms with Crippen LogP contribution in [0.3, 0.4) is 0 Å². The summed E-state index contributed by atoms with van der Waals surface area (Å²) in [5, 5.41) is 0. The summed E-state index contributed by atoms with van der Waals surface area (Å²) in [6.07, 6.45) is 1.00. The Bertz CT molecular complexity index is 2030. The van der Waals surface area contributed by atoms with Crippen molar-refractivity contribution in [1.82, 2.24) is 0 Å². The first kappa shape index (κ1) is 32.3. The van der Waals surface area contributed by atoms with Crippen LogP contribution in [0.2, 0.25) is 0 Å². The fourth-order valence-electron chi connectivity index (χ4n) is 7.66. The highest BCUT2D eigenvalue weighted by Gasteiger charge is 2.43. The van der Waals surface area contributed by atoms with Crippen molar-refractivity contribution in [3.63, 3.8) is 0 Å². The van der Waals surface area contributed by atoms with Gasteiger partial charge in [-0.15, -0.1) is 0 Å². The highest BCUT2D eigenvalue weighted by Crippen LogP contribution is 2.46. The molecular weight excluding hydrogens is 579 g/mol. The van der Waals surface area contributed by atoms with Crippen molar-refractivity contribution in [2.24, 2.45) is 0 Å². The van der Waals surface area contributed by atoms with E-state index in [1.165, 1.54) is 78.3 Å². The summed E-state index contributed by atoms with van der Waals surface area (Å²) in [4.78, 5) is 5.09. The minimum absolute atomic E-state index is 0.0365. The van der Waals surface area contributed by atoms with Crippen LogP contribution in [0.1, 0.15) is 97.1 Å². The third-order valence-corrected chi connectivity index (χ3v) is 10.5. The van der Waals surface area contributed by atoms with Crippen LogP contribution in [0.25, 0.3) is 0 Å². The van der Waals surface area contributed by atoms with Gasteiger partial charge in [0.05, 0.1) is 0 Å². The van der Waals surface area contributed by atoms with Gasteiger partial charge in [0.2, 0.25) is 0 Å². The van der Waals surface area contributed by atoms with Gasteiger partial charge < -0.3 is 9.80 Å². The minimum Gasteiger partial charge on any atom is -0.311 e. The summed E-state index contributed by atoms with van der Waals surface area (Å²) in [7, 11) is 0. The zero-order valence-electron chi connectivity index (χ0n) is 30.9. The number of nitrogens with zero attached hydrogens (tertiary/aromatic N) is 2. The van der Waals surface area contributed by atoms with Crippen LogP contribution in [0.4, 0.5) is 34.1 Å². The van der Waals surface area contributed by atoms with E-state index in [2.05, 4.69) is 183 Å². The second-order valence-electron chi connectivity index (χ2n) is 17.2. The molecular formula is C45H51BN2. The van der Waals surface area contributed by atoms with Gasteiger partial charge in [0.1, 0.15) is 0 Å². The normalized spacial score (nSPS) is 14.1. The lowest BCUT2D eigenvalue weighted by Crippen LogP contribution is -2.61. The molecule has 3 heteroatoms. The van der Waals surface area contributed by atoms with E-state index in [0.717, 1.165) is 6.42 Å². The topological polar surface area (TPSA) is 6.48 Å². The quantitative estimate of drug-likeness (QED) is 0.179. The van der Waals surface area contributed by atoms with Crippen LogP contribution in [0, 0.1) is 6.92 Å². The van der Waals surface area contributed by atoms with E-state index in [9.17, 15) is 0 Å². The van der Waals surface area contributed by atoms with Gasteiger partial charge in [0.25, 0.3) is 6.71 Å². The SMILES string of the molecule is CCc1cc(N2c3ccccc3B3c4cc(C(C)(C)C)ccc4N(c4ccc(C(C)(C)C)cc4)c4cc(C)cc2c43)cc(C(C)(C)C)c1. The van der Waals surface area contributed by atoms with Crippen molar-refractivity contribution in [3.05, 3.63) is 125 Å². The van der Waals surface area contributed by atoms with Crippen LogP contribution in [-0.4, -0.2) is 6.71 Å². The van der Waals surface area contributed by atoms with E-state index in [-0.39, 0.29) is 23.0 Å². The molecule has 0 unspecified atom stereocenters. The Morgan fingerprint density at radius 1 is 0.500 bits per heavy atom. The number of anilines is 6. The first-order chi connectivity index (χ1) is 22.6. The number of hydrogen-bond donors (Lipinski definition) is 0. The van der Waals surface area contributed by atoms with E-state index in [1.807, 2.05) is 0 Å². The fourth-order valence-corrected chi connectivity index (χ4v) is 7.66. The van der Waals surface area contributed by atoms with E-state index in [0.29, 0.717) is 0 Å². The van der Waals surface area contributed by atoms with Gasteiger partial charge in [-0.2, -0.15) is 0 Å². The van der Waals surface area contributed by atoms with E-state index in [4.69, 9.17) is 0 Å². The largest absolute Gasteiger partial charge is 0.311 e. The number of para-hydroxylation sites is 1. The zero-order valence-corrected chi connectivity index (χ0v) is 30.9. The molecule has 5 aromatic carbocycles. The summed E-state index contributed by atoms with van der Waals surface area (Å²) >= 11 is 0. The standard InChI is InChI=1S/C45H51BN2/c1-12-30-25-33(45(9,10)11)27-35(26-30)48-38-16-14-13-15-36(38)46-37-28-32(44(6,7)8)19-22-39(37)47(40-23-29(2)24-41(48)42(40)46)34-20-17-31(18-21-34)43(3,4)5/h13-28H,12H2,1-11H3. The highest BCUT2D eigenvalue weighted by atomic mass is 15.2. The molecule has 2 aliphatic heterocycles. The molecule has 0 spiro atoms. The lowest BCUT2D eigenvalue weighted by Gasteiger charge is -2.45. The van der Waals surface area contributed by atoms with E-state index < -0.39 is 0 Å². The minimum atomic E-state index is 0.0365. The maximum absolute atomic E-state index is 2.56. The predicted octanol–water partition coefficient (Wildman–Crippen LogP) is 10.5. The molecule has 0 saturated heterocycles. The molecule has 0 bridgehead atoms. The molecule has 0 atom stereocenters. The first-order valence-electron chi connectivity index (χ1n) is 17.8. The van der Waals surface area contributed by atoms with Gasteiger partial charge in [-0.05, 0) is 122 Å². The molecule has 5 aromatic rings. The van der Waals surface area contributed by atoms with Crippen LogP contribution in [-0.2, 0) is 22.7 Å². The summed E-state index contributed by atoms with van der Waals surface area (Å²) in [6, 6.07) is 37.8. The molecule has 0 saturated carbocycles. The smallest absolute Gasteiger partial charge is 0.252 e. The molecule has 0 radical (unpaired) electrons. The van der Waals surface area contributed by atoms with Gasteiger partial charge in [0.15, 0.2) is 0 Å². The predicted molar refractivity (Wildman–Crippen MR) is 211 cm³/mol. The molecule has 2 nitrogen and oxygen atoms in total. The van der Waals surface area contributed by atoms with E-state index in [1.54, 1.807) is 0 Å². The Kier molecular flexibility index (Phi) is 7.51. The lowest BCUT2D eigenvalue weighted by atomic mass is 9.33. The van der Waals surface area contributed by atoms with Gasteiger partial charge in [-0.1, -0.05) is 118 Å². The molecule has 0 aliphatic carbocycles. The molecule has 7 rings (SSSR count). The third-order valence-electron chi connectivity index (χ3n) is 10.5. The Hall–Kier alpha value is -4.24. The summed E-state index contributed by atoms with van der Waals surface area (Å²) in [6.45, 7) is 25.5. The maximum atomic E-state index is 2.56. The molecule has 2 heterocycles. The average molecular weight is 631 g/mol. The monoisotopic (exact) mass is 630 g/mol. The van der Waals surface area contributed by atoms with E-state index >= 15 is 0 Å². The summed E-state index contributed by atoms with van der Waals surface area (Å²) < 4.78 is 0. The van der Waals surface area contributed by atoms with Crippen molar-refractivity contribution in [2.75, 3.05) is 9.80 Å². The second-order valence-corrected chi connectivity index (χ2v) is 17.2. The van der Waals surface area contributed by atoms with Crippen molar-refractivity contribution in [3.8, 4) is 0 Å². The molecule has 0 amide bonds. The molecule has 0 N–H and O–H groups in total. The molecule has 2 aliphatic rings. The van der Waals surface area contributed by atoms with Crippen LogP contribution >= 0.6 is 0 Å². The molecule has 244 valence electrons. The van der Waals surface area contributed by atoms with Crippen molar-refractivity contribution < 1.29 is 0 Å². The number of fused-ring (bicyclic) bond motifs is 4. The Morgan fingerprint density at radius 2 is 1.06 bits per heavy atom. The summed E-state index contributed by atoms with van der Waals surface area (Å²) in [5.41, 5.74) is 18.6. The summed E-state index contributed by atoms with van der Waals surface area (Å²) in [5.74, 6) is 0. The Balaban J connectivity index is 1.56. The number of hydrogen-bond acceptors (Lipinski definition) is 2. The average Bonchev–Trinajstić information content (AvgIpc) is 3.02. The second kappa shape index (κ2) is 11.2. The number of rotatable bonds is 3. The van der Waals surface area contributed by atoms with Crippen LogP contribution < -0.4 is 26.2 Å². The molecule has 0 fully saturated rings. The zero-order chi connectivity index (χ0) is 34.3. The Labute approximate surface area is 289 Å². The highest BCUT2D eigenvalue weighted by molar-refractivity contribution is 7.00. The van der Waals surface area contributed by atoms with Crippen LogP contribution in [0.15, 0.2) is 97.1 Å². The molecule has 48 heavy (non-hydrogen) atoms. The van der Waals surface area contributed by atoms with Crippen LogP contribution in [0.5, 0.6) is 0 Å². The van der Waals surface area contributed by atoms with Gasteiger partial charge in [-0.3, -0.25) is 0 Å². The maximum Gasteiger partial charge on any atom is 0.252 e. The fraction of sp³-hybridized carbons (Fsp3) is 0.333. The van der Waals surface area contributed by atoms with Crippen molar-refractivity contribution in [1.29, 1.82) is 0 Å². The van der Waals surface area contributed by atoms with Gasteiger partial charge >= 0.3 is 0 Å². The lowest BCUT2D eigenvalue weighted by molar-refractivity contribution is 0.589. The first-order valence-corrected chi connectivity index (χ1v) is 17.8. The molecule has 0 aromatic heterocycles. The van der Waals surface area contributed by atoms with Gasteiger partial charge in [-0.25, -0.2) is 0 Å².